The Morgan fingerprint density at radius 2 is 2.00 bits per heavy atom. The molecule has 0 amide bonds. The van der Waals surface area contributed by atoms with E-state index in [-0.39, 0.29) is 12.2 Å². The topological polar surface area (TPSA) is 74.6 Å². The average Bonchev–Trinajstić information content (AvgIpc) is 2.21. The van der Waals surface area contributed by atoms with Crippen LogP contribution in [0.25, 0.3) is 0 Å². The van der Waals surface area contributed by atoms with Gasteiger partial charge in [-0.05, 0) is 37.1 Å². The normalized spacial score (nSPS) is 27.5. The zero-order valence-corrected chi connectivity index (χ0v) is 11.7. The minimum atomic E-state index is -1.24. The van der Waals surface area contributed by atoms with Crippen LogP contribution in [0.2, 0.25) is 0 Å². The molecule has 0 saturated carbocycles. The lowest BCUT2D eigenvalue weighted by atomic mass is 9.64. The minimum absolute atomic E-state index is 0.00150. The van der Waals surface area contributed by atoms with Gasteiger partial charge < -0.3 is 10.2 Å². The summed E-state index contributed by atoms with van der Waals surface area (Å²) in [5, 5.41) is 19.4. The van der Waals surface area contributed by atoms with Crippen molar-refractivity contribution < 1.29 is 19.8 Å². The number of carboxylic acid groups (broad SMARTS) is 1. The number of rotatable bonds is 3. The van der Waals surface area contributed by atoms with Crippen molar-refractivity contribution in [1.29, 1.82) is 0 Å². The van der Waals surface area contributed by atoms with Gasteiger partial charge in [-0.25, -0.2) is 4.79 Å². The van der Waals surface area contributed by atoms with Gasteiger partial charge in [-0.3, -0.25) is 4.79 Å². The van der Waals surface area contributed by atoms with Gasteiger partial charge in [0, 0.05) is 17.9 Å². The van der Waals surface area contributed by atoms with Crippen molar-refractivity contribution in [2.75, 3.05) is 0 Å². The van der Waals surface area contributed by atoms with E-state index in [2.05, 4.69) is 0 Å². The number of aliphatic hydroxyl groups is 1. The number of hydrogen-bond donors (Lipinski definition) is 2. The summed E-state index contributed by atoms with van der Waals surface area (Å²) in [6, 6.07) is 0. The number of ketones is 1. The first-order chi connectivity index (χ1) is 8.58. The molecule has 0 saturated heterocycles. The molecule has 0 aromatic rings. The summed E-state index contributed by atoms with van der Waals surface area (Å²) in [6.07, 6.45) is 5.92. The zero-order chi connectivity index (χ0) is 14.8. The van der Waals surface area contributed by atoms with Gasteiger partial charge in [0.2, 0.25) is 0 Å². The van der Waals surface area contributed by atoms with Gasteiger partial charge in [0.1, 0.15) is 5.60 Å². The molecule has 0 aromatic carbocycles. The maximum absolute atomic E-state index is 11.6. The van der Waals surface area contributed by atoms with Crippen molar-refractivity contribution in [3.05, 3.63) is 35.5 Å². The van der Waals surface area contributed by atoms with Gasteiger partial charge in [0.05, 0.1) is 0 Å². The highest BCUT2D eigenvalue weighted by atomic mass is 16.4. The molecule has 0 bridgehead atoms. The van der Waals surface area contributed by atoms with Crippen LogP contribution >= 0.6 is 0 Å². The first-order valence-corrected chi connectivity index (χ1v) is 6.13. The number of carboxylic acids is 1. The van der Waals surface area contributed by atoms with Gasteiger partial charge in [-0.2, -0.15) is 0 Å². The molecule has 0 spiro atoms. The highest BCUT2D eigenvalue weighted by Gasteiger charge is 2.46. The third kappa shape index (κ3) is 3.20. The Kier molecular flexibility index (Phi) is 4.15. The second-order valence-electron chi connectivity index (χ2n) is 5.68. The van der Waals surface area contributed by atoms with Gasteiger partial charge in [-0.1, -0.05) is 19.9 Å². The van der Waals surface area contributed by atoms with E-state index >= 15 is 0 Å². The molecular formula is C15H20O4. The maximum Gasteiger partial charge on any atom is 0.328 e. The Bertz CT molecular complexity index is 494. The van der Waals surface area contributed by atoms with Crippen molar-refractivity contribution in [3.63, 3.8) is 0 Å². The van der Waals surface area contributed by atoms with Crippen LogP contribution in [0.5, 0.6) is 0 Å². The van der Waals surface area contributed by atoms with Crippen LogP contribution in [0.3, 0.4) is 0 Å². The second kappa shape index (κ2) is 5.13. The molecule has 0 heterocycles. The van der Waals surface area contributed by atoms with Crippen LogP contribution < -0.4 is 0 Å². The third-order valence-electron chi connectivity index (χ3n) is 3.57. The lowest BCUT2D eigenvalue weighted by Gasteiger charge is -2.43. The lowest BCUT2D eigenvalue weighted by molar-refractivity contribution is -0.131. The highest BCUT2D eigenvalue weighted by Crippen LogP contribution is 2.44. The standard InChI is InChI=1S/C15H20O4/c1-10(7-13(17)18)5-6-15(19)11(2)8-12(16)9-14(15,3)4/h5-8,19H,9H2,1-4H3,(H,17,18)/t15-/m1/s1. The van der Waals surface area contributed by atoms with E-state index < -0.39 is 17.0 Å². The quantitative estimate of drug-likeness (QED) is 0.605. The Morgan fingerprint density at radius 3 is 2.47 bits per heavy atom. The number of allylic oxidation sites excluding steroid dienone is 3. The third-order valence-corrected chi connectivity index (χ3v) is 3.57. The summed E-state index contributed by atoms with van der Waals surface area (Å²) < 4.78 is 0. The van der Waals surface area contributed by atoms with Crippen molar-refractivity contribution in [3.8, 4) is 0 Å². The molecule has 19 heavy (non-hydrogen) atoms. The van der Waals surface area contributed by atoms with Gasteiger partial charge in [0.25, 0.3) is 0 Å². The molecule has 4 heteroatoms. The monoisotopic (exact) mass is 264 g/mol. The van der Waals surface area contributed by atoms with E-state index in [1.165, 1.54) is 6.08 Å². The molecule has 0 aromatic heterocycles. The van der Waals surface area contributed by atoms with Crippen LogP contribution in [0.4, 0.5) is 0 Å². The number of carbonyl (C=O) groups is 2. The van der Waals surface area contributed by atoms with Crippen LogP contribution in [0, 0.1) is 5.41 Å². The fraction of sp³-hybridized carbons (Fsp3) is 0.467. The Morgan fingerprint density at radius 1 is 1.42 bits per heavy atom. The molecule has 2 N–H and O–H groups in total. The van der Waals surface area contributed by atoms with Gasteiger partial charge >= 0.3 is 5.97 Å². The number of hydrogen-bond acceptors (Lipinski definition) is 3. The van der Waals surface area contributed by atoms with E-state index in [0.717, 1.165) is 6.08 Å². The summed E-state index contributed by atoms with van der Waals surface area (Å²) in [5.74, 6) is -1.03. The van der Waals surface area contributed by atoms with Crippen molar-refractivity contribution in [2.24, 2.45) is 5.41 Å². The molecule has 0 unspecified atom stereocenters. The highest BCUT2D eigenvalue weighted by molar-refractivity contribution is 5.92. The fourth-order valence-corrected chi connectivity index (χ4v) is 2.36. The Balaban J connectivity index is 3.15. The van der Waals surface area contributed by atoms with E-state index in [9.17, 15) is 14.7 Å². The summed E-state index contributed by atoms with van der Waals surface area (Å²) in [7, 11) is 0. The molecule has 0 aliphatic heterocycles. The smallest absolute Gasteiger partial charge is 0.328 e. The van der Waals surface area contributed by atoms with Crippen molar-refractivity contribution in [2.45, 2.75) is 39.7 Å². The average molecular weight is 264 g/mol. The SMILES string of the molecule is CC(C=C[C@@]1(O)C(C)=CC(=O)CC1(C)C)=CC(=O)O. The summed E-state index contributed by atoms with van der Waals surface area (Å²) >= 11 is 0. The first kappa shape index (κ1) is 15.4. The fourth-order valence-electron chi connectivity index (χ4n) is 2.36. The summed E-state index contributed by atoms with van der Waals surface area (Å²) in [5.41, 5.74) is -0.758. The predicted octanol–water partition coefficient (Wildman–Crippen LogP) is 2.25. The molecule has 1 atom stereocenters. The molecule has 104 valence electrons. The summed E-state index contributed by atoms with van der Waals surface area (Å²) in [6.45, 7) is 7.00. The predicted molar refractivity (Wildman–Crippen MR) is 72.6 cm³/mol. The van der Waals surface area contributed by atoms with Crippen molar-refractivity contribution >= 4 is 11.8 Å². The second-order valence-corrected chi connectivity index (χ2v) is 5.68. The molecule has 1 rings (SSSR count). The van der Waals surface area contributed by atoms with E-state index in [1.807, 2.05) is 13.8 Å². The van der Waals surface area contributed by atoms with Crippen LogP contribution in [-0.2, 0) is 9.59 Å². The first-order valence-electron chi connectivity index (χ1n) is 6.13. The molecule has 4 nitrogen and oxygen atoms in total. The number of carbonyl (C=O) groups excluding carboxylic acids is 1. The Labute approximate surface area is 113 Å². The molecule has 1 aliphatic carbocycles. The van der Waals surface area contributed by atoms with Gasteiger partial charge in [-0.15, -0.1) is 0 Å². The summed E-state index contributed by atoms with van der Waals surface area (Å²) in [4.78, 5) is 22.1. The minimum Gasteiger partial charge on any atom is -0.478 e. The maximum atomic E-state index is 11.6. The molecular weight excluding hydrogens is 244 g/mol. The van der Waals surface area contributed by atoms with E-state index in [0.29, 0.717) is 11.1 Å². The zero-order valence-electron chi connectivity index (χ0n) is 11.7. The Hall–Kier alpha value is -1.68. The van der Waals surface area contributed by atoms with Gasteiger partial charge in [0.15, 0.2) is 5.78 Å². The molecule has 1 aliphatic rings. The van der Waals surface area contributed by atoms with Crippen LogP contribution in [0.1, 0.15) is 34.1 Å². The van der Waals surface area contributed by atoms with E-state index in [4.69, 9.17) is 5.11 Å². The lowest BCUT2D eigenvalue weighted by Crippen LogP contribution is -2.48. The van der Waals surface area contributed by atoms with Crippen molar-refractivity contribution in [1.82, 2.24) is 0 Å². The van der Waals surface area contributed by atoms with E-state index in [1.54, 1.807) is 26.0 Å². The van der Waals surface area contributed by atoms with Crippen LogP contribution in [-0.4, -0.2) is 27.6 Å². The number of aliphatic carboxylic acids is 1. The van der Waals surface area contributed by atoms with Crippen LogP contribution in [0.15, 0.2) is 35.5 Å². The molecule has 0 radical (unpaired) electrons. The largest absolute Gasteiger partial charge is 0.478 e. The molecule has 0 fully saturated rings.